The third-order valence-electron chi connectivity index (χ3n) is 6.71. The van der Waals surface area contributed by atoms with Crippen molar-refractivity contribution < 1.29 is 36.6 Å². The second-order valence-electron chi connectivity index (χ2n) is 9.99. The van der Waals surface area contributed by atoms with E-state index in [4.69, 9.17) is 23.2 Å². The van der Waals surface area contributed by atoms with Crippen molar-refractivity contribution in [2.24, 2.45) is 0 Å². The van der Waals surface area contributed by atoms with Crippen LogP contribution < -0.4 is 16.3 Å². The molecule has 238 valence electrons. The van der Waals surface area contributed by atoms with E-state index >= 15 is 0 Å². The summed E-state index contributed by atoms with van der Waals surface area (Å²) in [5.74, 6) is -5.31. The van der Waals surface area contributed by atoms with Gasteiger partial charge in [-0.2, -0.15) is 13.2 Å². The standard InChI is InChI=1S/C26H21Cl2F5N8O4/c27-14-6-4-13(5-7-14)21-38-40(24(45)39(21)9-18(42)26(31,32)33)10-19-35-12-41(37-19)20-15(2-1-3-16(20)28)22(43)36-23(44)17-8-25(29,30)11-34-17/h1-7,12,17-18,34,42H,8-11H2,(H,36,43,44)/t17-,18+/m1/s1. The van der Waals surface area contributed by atoms with Crippen LogP contribution in [0.4, 0.5) is 22.0 Å². The Balaban J connectivity index is 1.42. The van der Waals surface area contributed by atoms with Gasteiger partial charge in [-0.15, -0.1) is 10.2 Å². The van der Waals surface area contributed by atoms with Crippen molar-refractivity contribution in [3.63, 3.8) is 0 Å². The molecule has 19 heteroatoms. The number of nitrogens with zero attached hydrogens (tertiary/aromatic N) is 6. The topological polar surface area (TPSA) is 149 Å². The molecule has 4 aromatic rings. The van der Waals surface area contributed by atoms with Gasteiger partial charge in [0.25, 0.3) is 11.8 Å². The van der Waals surface area contributed by atoms with Gasteiger partial charge in [0.1, 0.15) is 12.9 Å². The van der Waals surface area contributed by atoms with Crippen LogP contribution in [0.5, 0.6) is 0 Å². The summed E-state index contributed by atoms with van der Waals surface area (Å²) in [7, 11) is 0. The van der Waals surface area contributed by atoms with Gasteiger partial charge in [-0.05, 0) is 36.4 Å². The van der Waals surface area contributed by atoms with Crippen LogP contribution in [0.1, 0.15) is 22.6 Å². The number of hydrogen-bond acceptors (Lipinski definition) is 8. The van der Waals surface area contributed by atoms with Crippen LogP contribution in [0.2, 0.25) is 10.0 Å². The van der Waals surface area contributed by atoms with Crippen LogP contribution >= 0.6 is 23.2 Å². The number of benzene rings is 2. The molecule has 3 N–H and O–H groups in total. The summed E-state index contributed by atoms with van der Waals surface area (Å²) in [5, 5.41) is 22.7. The zero-order valence-electron chi connectivity index (χ0n) is 22.6. The van der Waals surface area contributed by atoms with Crippen molar-refractivity contribution in [2.75, 3.05) is 6.54 Å². The zero-order chi connectivity index (χ0) is 32.7. The fraction of sp³-hybridized carbons (Fsp3) is 0.308. The van der Waals surface area contributed by atoms with Gasteiger partial charge in [0.15, 0.2) is 17.8 Å². The van der Waals surface area contributed by atoms with Gasteiger partial charge in [-0.3, -0.25) is 24.8 Å². The lowest BCUT2D eigenvalue weighted by Crippen LogP contribution is -2.43. The van der Waals surface area contributed by atoms with E-state index in [1.54, 1.807) is 0 Å². The maximum absolute atomic E-state index is 13.5. The van der Waals surface area contributed by atoms with Crippen LogP contribution in [0.3, 0.4) is 0 Å². The van der Waals surface area contributed by atoms with Gasteiger partial charge in [-0.1, -0.05) is 29.3 Å². The highest BCUT2D eigenvalue weighted by Gasteiger charge is 2.43. The van der Waals surface area contributed by atoms with E-state index < -0.39 is 67.8 Å². The number of carbonyl (C=O) groups is 2. The quantitative estimate of drug-likeness (QED) is 0.191. The third kappa shape index (κ3) is 7.06. The molecule has 5 rings (SSSR count). The summed E-state index contributed by atoms with van der Waals surface area (Å²) in [6, 6.07) is 8.58. The van der Waals surface area contributed by atoms with Gasteiger partial charge in [0.2, 0.25) is 5.91 Å². The van der Waals surface area contributed by atoms with Gasteiger partial charge in [0.05, 0.1) is 35.4 Å². The molecule has 1 saturated heterocycles. The Hall–Kier alpha value is -4.19. The van der Waals surface area contributed by atoms with Gasteiger partial charge < -0.3 is 5.11 Å². The second-order valence-corrected chi connectivity index (χ2v) is 10.8. The molecule has 1 aliphatic heterocycles. The lowest BCUT2D eigenvalue weighted by molar-refractivity contribution is -0.207. The second kappa shape index (κ2) is 12.3. The minimum Gasteiger partial charge on any atom is -0.382 e. The largest absolute Gasteiger partial charge is 0.416 e. The van der Waals surface area contributed by atoms with Gasteiger partial charge in [0, 0.05) is 17.0 Å². The molecule has 0 saturated carbocycles. The Labute approximate surface area is 259 Å². The summed E-state index contributed by atoms with van der Waals surface area (Å²) in [6.45, 7) is -2.31. The Kier molecular flexibility index (Phi) is 8.81. The first kappa shape index (κ1) is 32.2. The SMILES string of the molecule is O=C(NC(=O)[C@H]1CC(F)(F)CN1)c1cccc(Cl)c1-n1cnc(Cn2nc(-c3ccc(Cl)cc3)n(C[C@H](O)C(F)(F)F)c2=O)n1. The number of alkyl halides is 5. The number of aliphatic hydroxyl groups excluding tert-OH is 1. The van der Waals surface area contributed by atoms with E-state index in [9.17, 15) is 41.4 Å². The number of para-hydroxylation sites is 1. The van der Waals surface area contributed by atoms with E-state index in [0.29, 0.717) is 9.59 Å². The van der Waals surface area contributed by atoms with Crippen molar-refractivity contribution >= 4 is 35.0 Å². The smallest absolute Gasteiger partial charge is 0.382 e. The molecule has 45 heavy (non-hydrogen) atoms. The first-order valence-corrected chi connectivity index (χ1v) is 13.7. The molecule has 2 amide bonds. The summed E-state index contributed by atoms with van der Waals surface area (Å²) >= 11 is 12.2. The van der Waals surface area contributed by atoms with E-state index in [2.05, 4.69) is 25.8 Å². The number of carbonyl (C=O) groups excluding carboxylic acids is 2. The van der Waals surface area contributed by atoms with Crippen molar-refractivity contribution in [3.05, 3.63) is 80.7 Å². The fourth-order valence-corrected chi connectivity index (χ4v) is 4.89. The summed E-state index contributed by atoms with van der Waals surface area (Å²) in [4.78, 5) is 42.7. The van der Waals surface area contributed by atoms with Crippen molar-refractivity contribution in [1.29, 1.82) is 0 Å². The van der Waals surface area contributed by atoms with Crippen LogP contribution in [-0.4, -0.2) is 76.8 Å². The summed E-state index contributed by atoms with van der Waals surface area (Å²) in [5.41, 5.74) is -0.978. The predicted octanol–water partition coefficient (Wildman–Crippen LogP) is 2.82. The molecule has 3 heterocycles. The highest BCUT2D eigenvalue weighted by molar-refractivity contribution is 6.33. The summed E-state index contributed by atoms with van der Waals surface area (Å²) < 4.78 is 69.0. The summed E-state index contributed by atoms with van der Waals surface area (Å²) in [6.07, 6.45) is -7.54. The molecule has 0 bridgehead atoms. The molecule has 0 radical (unpaired) electrons. The minimum atomic E-state index is -5.01. The molecule has 12 nitrogen and oxygen atoms in total. The molecule has 2 aromatic carbocycles. The average Bonchev–Trinajstić information content (AvgIpc) is 3.66. The number of rotatable bonds is 8. The Morgan fingerprint density at radius 2 is 1.84 bits per heavy atom. The molecule has 0 spiro atoms. The number of aromatic nitrogens is 6. The Bertz CT molecular complexity index is 1810. The normalized spacial score (nSPS) is 16.9. The number of nitrogens with one attached hydrogen (secondary N) is 2. The highest BCUT2D eigenvalue weighted by atomic mass is 35.5. The molecule has 2 aromatic heterocycles. The number of amides is 2. The van der Waals surface area contributed by atoms with E-state index in [1.807, 2.05) is 0 Å². The first-order chi connectivity index (χ1) is 21.1. The molecular formula is C26H21Cl2F5N8O4. The predicted molar refractivity (Wildman–Crippen MR) is 148 cm³/mol. The van der Waals surface area contributed by atoms with Crippen molar-refractivity contribution in [1.82, 2.24) is 39.7 Å². The number of aliphatic hydroxyl groups is 1. The molecule has 2 atom stereocenters. The van der Waals surface area contributed by atoms with Crippen LogP contribution in [0.25, 0.3) is 17.1 Å². The number of imide groups is 1. The van der Waals surface area contributed by atoms with Gasteiger partial charge >= 0.3 is 11.9 Å². The van der Waals surface area contributed by atoms with E-state index in [1.165, 1.54) is 42.5 Å². The molecular weight excluding hydrogens is 654 g/mol. The van der Waals surface area contributed by atoms with Crippen LogP contribution in [0, 0.1) is 0 Å². The molecule has 0 aliphatic carbocycles. The zero-order valence-corrected chi connectivity index (χ0v) is 24.1. The van der Waals surface area contributed by atoms with Gasteiger partial charge in [-0.25, -0.2) is 27.9 Å². The lowest BCUT2D eigenvalue weighted by Gasteiger charge is -2.15. The number of halogens is 7. The fourth-order valence-electron chi connectivity index (χ4n) is 4.51. The van der Waals surface area contributed by atoms with Crippen LogP contribution in [0.15, 0.2) is 53.6 Å². The Morgan fingerprint density at radius 1 is 1.13 bits per heavy atom. The molecule has 1 fully saturated rings. The third-order valence-corrected chi connectivity index (χ3v) is 7.27. The Morgan fingerprint density at radius 3 is 2.49 bits per heavy atom. The monoisotopic (exact) mass is 674 g/mol. The first-order valence-electron chi connectivity index (χ1n) is 13.0. The maximum Gasteiger partial charge on any atom is 0.416 e. The number of hydrogen-bond donors (Lipinski definition) is 3. The van der Waals surface area contributed by atoms with Crippen LogP contribution in [-0.2, 0) is 17.9 Å². The minimum absolute atomic E-state index is 0.00955. The molecule has 1 aliphatic rings. The van der Waals surface area contributed by atoms with Crippen molar-refractivity contribution in [3.8, 4) is 17.1 Å². The maximum atomic E-state index is 13.5. The van der Waals surface area contributed by atoms with Crippen molar-refractivity contribution in [2.45, 2.75) is 43.8 Å². The highest BCUT2D eigenvalue weighted by Crippen LogP contribution is 2.27. The van der Waals surface area contributed by atoms with E-state index in [0.717, 1.165) is 15.7 Å². The average molecular weight is 675 g/mol. The lowest BCUT2D eigenvalue weighted by atomic mass is 10.1. The molecule has 0 unspecified atom stereocenters. The van der Waals surface area contributed by atoms with E-state index in [-0.39, 0.29) is 33.5 Å².